The zero-order chi connectivity index (χ0) is 40.5. The third kappa shape index (κ3) is 8.24. The van der Waals surface area contributed by atoms with Crippen LogP contribution in [0.1, 0.15) is 34.0 Å². The second-order valence-corrected chi connectivity index (χ2v) is 15.7. The Kier molecular flexibility index (Phi) is 10.3. The van der Waals surface area contributed by atoms with E-state index in [0.29, 0.717) is 34.1 Å². The standard InChI is InChI=1S/C39H32N8O8S2/c1-24-36(38(48)46(44-24)31-14-18-33(19-15-31)56(50,51)52)42-40-29-12-6-10-27(22-29)35(26-8-4-3-5-9-26)28-11-7-13-30(23-28)41-43-37-25(2)45-47(39(37)49)32-16-20-34(21-17-32)57(53,54)55/h3-23,35,44-45H,1-2H3,(H,50,51,52)(H,53,54,55). The van der Waals surface area contributed by atoms with Crippen molar-refractivity contribution in [3.8, 4) is 11.4 Å². The van der Waals surface area contributed by atoms with Crippen molar-refractivity contribution in [2.75, 3.05) is 0 Å². The first kappa shape index (κ1) is 38.4. The van der Waals surface area contributed by atoms with Gasteiger partial charge in [0.1, 0.15) is 0 Å². The van der Waals surface area contributed by atoms with E-state index in [0.717, 1.165) is 16.7 Å². The maximum absolute atomic E-state index is 13.3. The molecule has 16 nitrogen and oxygen atoms in total. The molecule has 2 aromatic heterocycles. The molecule has 4 N–H and O–H groups in total. The lowest BCUT2D eigenvalue weighted by atomic mass is 9.85. The number of H-pyrrole nitrogens is 2. The minimum atomic E-state index is -4.40. The first-order valence-corrected chi connectivity index (χ1v) is 19.9. The lowest BCUT2D eigenvalue weighted by Crippen LogP contribution is -2.14. The van der Waals surface area contributed by atoms with Gasteiger partial charge in [-0.15, -0.1) is 10.2 Å². The third-order valence-electron chi connectivity index (χ3n) is 8.94. The van der Waals surface area contributed by atoms with Crippen LogP contribution >= 0.6 is 0 Å². The fraction of sp³-hybridized carbons (Fsp3) is 0.0769. The van der Waals surface area contributed by atoms with Gasteiger partial charge in [0.25, 0.3) is 31.4 Å². The Bertz CT molecular complexity index is 2840. The molecule has 7 rings (SSSR count). The lowest BCUT2D eigenvalue weighted by molar-refractivity contribution is 0.481. The Labute approximate surface area is 325 Å². The number of hydrogen-bond acceptors (Lipinski definition) is 10. The molecule has 0 aliphatic carbocycles. The van der Waals surface area contributed by atoms with Crippen LogP contribution in [0, 0.1) is 13.8 Å². The number of rotatable bonds is 11. The van der Waals surface area contributed by atoms with Crippen LogP contribution in [0.2, 0.25) is 0 Å². The molecule has 0 aliphatic rings. The van der Waals surface area contributed by atoms with Gasteiger partial charge in [-0.3, -0.25) is 28.9 Å². The van der Waals surface area contributed by atoms with Gasteiger partial charge in [0.05, 0.1) is 43.9 Å². The fourth-order valence-corrected chi connectivity index (χ4v) is 7.14. The smallest absolute Gasteiger partial charge is 0.293 e. The Balaban J connectivity index is 1.17. The Morgan fingerprint density at radius 2 is 0.895 bits per heavy atom. The molecule has 2 heterocycles. The van der Waals surface area contributed by atoms with Crippen LogP contribution in [0.15, 0.2) is 167 Å². The molecule has 7 aromatic rings. The summed E-state index contributed by atoms with van der Waals surface area (Å²) in [6, 6.07) is 34.8. The molecule has 0 unspecified atom stereocenters. The molecule has 0 radical (unpaired) electrons. The second-order valence-electron chi connectivity index (χ2n) is 12.8. The van der Waals surface area contributed by atoms with Crippen LogP contribution < -0.4 is 11.1 Å². The van der Waals surface area contributed by atoms with E-state index in [1.54, 1.807) is 26.0 Å². The van der Waals surface area contributed by atoms with Crippen molar-refractivity contribution in [1.82, 2.24) is 19.6 Å². The molecule has 0 atom stereocenters. The summed E-state index contributed by atoms with van der Waals surface area (Å²) in [6.07, 6.45) is 0. The van der Waals surface area contributed by atoms with Crippen LogP contribution in [-0.4, -0.2) is 45.5 Å². The Morgan fingerprint density at radius 1 is 0.509 bits per heavy atom. The predicted octanol–water partition coefficient (Wildman–Crippen LogP) is 7.77. The largest absolute Gasteiger partial charge is 0.299 e. The summed E-state index contributed by atoms with van der Waals surface area (Å²) in [6.45, 7) is 3.32. The molecule has 5 aromatic carbocycles. The Hall–Kier alpha value is -6.86. The monoisotopic (exact) mass is 804 g/mol. The van der Waals surface area contributed by atoms with Gasteiger partial charge >= 0.3 is 0 Å². The van der Waals surface area contributed by atoms with E-state index in [-0.39, 0.29) is 27.1 Å². The summed E-state index contributed by atoms with van der Waals surface area (Å²) in [5.41, 5.74) is 4.23. The Morgan fingerprint density at radius 3 is 1.28 bits per heavy atom. The first-order chi connectivity index (χ1) is 27.2. The number of nitrogens with one attached hydrogen (secondary N) is 2. The molecule has 0 saturated carbocycles. The van der Waals surface area contributed by atoms with E-state index in [9.17, 15) is 35.5 Å². The summed E-state index contributed by atoms with van der Waals surface area (Å²) in [7, 11) is -8.80. The predicted molar refractivity (Wildman–Crippen MR) is 211 cm³/mol. The normalized spacial score (nSPS) is 12.8. The lowest BCUT2D eigenvalue weighted by Gasteiger charge is -2.19. The molecule has 57 heavy (non-hydrogen) atoms. The van der Waals surface area contributed by atoms with Gasteiger partial charge in [0.15, 0.2) is 11.4 Å². The highest BCUT2D eigenvalue weighted by Gasteiger charge is 2.19. The van der Waals surface area contributed by atoms with E-state index >= 15 is 0 Å². The number of hydrogen-bond donors (Lipinski definition) is 4. The first-order valence-electron chi connectivity index (χ1n) is 17.0. The molecule has 18 heteroatoms. The SMILES string of the molecule is Cc1[nH]n(-c2ccc(S(=O)(=O)O)cc2)c(=O)c1N=Nc1cccc(C(c2ccccc2)c2cccc(N=Nc3c(C)[nH]n(-c4ccc(S(=O)(=O)O)cc4)c3=O)c2)c1. The summed E-state index contributed by atoms with van der Waals surface area (Å²) >= 11 is 0. The van der Waals surface area contributed by atoms with E-state index in [4.69, 9.17) is 0 Å². The topological polar surface area (TPSA) is 234 Å². The number of aryl methyl sites for hydroxylation is 2. The van der Waals surface area contributed by atoms with E-state index in [1.165, 1.54) is 57.9 Å². The number of aromatic nitrogens is 4. The second kappa shape index (κ2) is 15.3. The number of azo groups is 2. The van der Waals surface area contributed by atoms with Gasteiger partial charge in [-0.25, -0.2) is 9.36 Å². The molecular formula is C39H32N8O8S2. The zero-order valence-electron chi connectivity index (χ0n) is 30.0. The molecule has 0 fully saturated rings. The average Bonchev–Trinajstić information content (AvgIpc) is 3.64. The molecule has 0 amide bonds. The van der Waals surface area contributed by atoms with Crippen molar-refractivity contribution in [3.05, 3.63) is 176 Å². The molecule has 0 bridgehead atoms. The van der Waals surface area contributed by atoms with Crippen LogP contribution in [0.25, 0.3) is 11.4 Å². The van der Waals surface area contributed by atoms with Crippen LogP contribution in [0.3, 0.4) is 0 Å². The molecule has 288 valence electrons. The van der Waals surface area contributed by atoms with Crippen molar-refractivity contribution in [3.63, 3.8) is 0 Å². The maximum atomic E-state index is 13.3. The summed E-state index contributed by atoms with van der Waals surface area (Å²) in [5.74, 6) is -0.301. The minimum absolute atomic E-state index is 0.0522. The maximum Gasteiger partial charge on any atom is 0.299 e. The molecule has 0 aliphatic heterocycles. The van der Waals surface area contributed by atoms with Crippen LogP contribution in [0.4, 0.5) is 22.7 Å². The minimum Gasteiger partial charge on any atom is -0.293 e. The number of benzene rings is 5. The van der Waals surface area contributed by atoms with Crippen LogP contribution in [-0.2, 0) is 20.2 Å². The van der Waals surface area contributed by atoms with Crippen molar-refractivity contribution >= 4 is 43.0 Å². The van der Waals surface area contributed by atoms with Crippen molar-refractivity contribution in [2.45, 2.75) is 29.6 Å². The van der Waals surface area contributed by atoms with Gasteiger partial charge in [-0.1, -0.05) is 54.6 Å². The summed E-state index contributed by atoms with van der Waals surface area (Å²) in [5, 5.41) is 23.2. The van der Waals surface area contributed by atoms with Crippen molar-refractivity contribution in [1.29, 1.82) is 0 Å². The summed E-state index contributed by atoms with van der Waals surface area (Å²) in [4.78, 5) is 26.0. The zero-order valence-corrected chi connectivity index (χ0v) is 31.7. The third-order valence-corrected chi connectivity index (χ3v) is 10.7. The van der Waals surface area contributed by atoms with Gasteiger partial charge in [0.2, 0.25) is 0 Å². The fourth-order valence-electron chi connectivity index (χ4n) is 6.18. The molecular weight excluding hydrogens is 773 g/mol. The highest BCUT2D eigenvalue weighted by molar-refractivity contribution is 7.86. The van der Waals surface area contributed by atoms with Gasteiger partial charge in [0, 0.05) is 5.92 Å². The van der Waals surface area contributed by atoms with Gasteiger partial charge in [-0.05, 0) is 103 Å². The van der Waals surface area contributed by atoms with Crippen LogP contribution in [0.5, 0.6) is 0 Å². The summed E-state index contributed by atoms with van der Waals surface area (Å²) < 4.78 is 66.8. The highest BCUT2D eigenvalue weighted by Crippen LogP contribution is 2.36. The van der Waals surface area contributed by atoms with Crippen molar-refractivity contribution in [2.24, 2.45) is 20.5 Å². The average molecular weight is 805 g/mol. The highest BCUT2D eigenvalue weighted by atomic mass is 32.2. The quantitative estimate of drug-likeness (QED) is 0.0571. The molecule has 0 saturated heterocycles. The number of aromatic amines is 2. The number of nitrogens with zero attached hydrogens (tertiary/aromatic N) is 6. The molecule has 0 spiro atoms. The van der Waals surface area contributed by atoms with Crippen molar-refractivity contribution < 1.29 is 25.9 Å². The van der Waals surface area contributed by atoms with Gasteiger partial charge in [-0.2, -0.15) is 27.1 Å². The van der Waals surface area contributed by atoms with E-state index < -0.39 is 31.4 Å². The van der Waals surface area contributed by atoms with E-state index in [2.05, 4.69) is 30.7 Å². The van der Waals surface area contributed by atoms with Gasteiger partial charge < -0.3 is 0 Å². The van der Waals surface area contributed by atoms with E-state index in [1.807, 2.05) is 66.7 Å².